The maximum atomic E-state index is 12.0. The molecule has 1 aromatic carbocycles. The first-order chi connectivity index (χ1) is 12.2. The van der Waals surface area contributed by atoms with Crippen LogP contribution in [0.5, 0.6) is 0 Å². The van der Waals surface area contributed by atoms with Crippen LogP contribution in [0.25, 0.3) is 0 Å². The molecule has 2 rings (SSSR count). The third-order valence-electron chi connectivity index (χ3n) is 4.15. The van der Waals surface area contributed by atoms with Crippen LogP contribution in [0.4, 0.5) is 9.59 Å². The molecule has 3 amide bonds. The number of hydrogen-bond acceptors (Lipinski definition) is 3. The van der Waals surface area contributed by atoms with Gasteiger partial charge in [0.1, 0.15) is 5.60 Å². The summed E-state index contributed by atoms with van der Waals surface area (Å²) >= 11 is 5.84. The second-order valence-corrected chi connectivity index (χ2v) is 8.08. The number of ether oxygens (including phenoxy) is 1. The fourth-order valence-electron chi connectivity index (χ4n) is 2.88. The molecule has 144 valence electrons. The Morgan fingerprint density at radius 2 is 1.58 bits per heavy atom. The van der Waals surface area contributed by atoms with Gasteiger partial charge in [0, 0.05) is 23.7 Å². The summed E-state index contributed by atoms with van der Waals surface area (Å²) in [4.78, 5) is 23.8. The SMILES string of the molecule is CC(C)(C)OC(=O)N[C@H]1CC[C@H](NC(=O)NCc2ccc(Cl)cc2)CC1. The van der Waals surface area contributed by atoms with Crippen molar-refractivity contribution in [3.05, 3.63) is 34.9 Å². The summed E-state index contributed by atoms with van der Waals surface area (Å²) in [6.07, 6.45) is 2.92. The zero-order valence-electron chi connectivity index (χ0n) is 15.6. The van der Waals surface area contributed by atoms with E-state index in [9.17, 15) is 9.59 Å². The molecule has 0 atom stereocenters. The second-order valence-electron chi connectivity index (χ2n) is 7.65. The van der Waals surface area contributed by atoms with Gasteiger partial charge < -0.3 is 20.7 Å². The van der Waals surface area contributed by atoms with E-state index in [1.165, 1.54) is 0 Å². The highest BCUT2D eigenvalue weighted by atomic mass is 35.5. The van der Waals surface area contributed by atoms with Crippen LogP contribution in [0.2, 0.25) is 5.02 Å². The molecule has 0 unspecified atom stereocenters. The molecule has 0 spiro atoms. The van der Waals surface area contributed by atoms with Gasteiger partial charge in [-0.3, -0.25) is 0 Å². The van der Waals surface area contributed by atoms with E-state index in [0.717, 1.165) is 31.2 Å². The lowest BCUT2D eigenvalue weighted by Gasteiger charge is -2.30. The van der Waals surface area contributed by atoms with Crippen molar-refractivity contribution in [2.75, 3.05) is 0 Å². The monoisotopic (exact) mass is 381 g/mol. The summed E-state index contributed by atoms with van der Waals surface area (Å²) in [5.41, 5.74) is 0.500. The van der Waals surface area contributed by atoms with Gasteiger partial charge in [-0.15, -0.1) is 0 Å². The Hall–Kier alpha value is -1.95. The molecule has 0 heterocycles. The van der Waals surface area contributed by atoms with Crippen LogP contribution in [0.15, 0.2) is 24.3 Å². The lowest BCUT2D eigenvalue weighted by molar-refractivity contribution is 0.0490. The van der Waals surface area contributed by atoms with E-state index in [4.69, 9.17) is 16.3 Å². The Kier molecular flexibility index (Phi) is 7.14. The minimum Gasteiger partial charge on any atom is -0.444 e. The molecule has 3 N–H and O–H groups in total. The Morgan fingerprint density at radius 3 is 2.12 bits per heavy atom. The van der Waals surface area contributed by atoms with Crippen molar-refractivity contribution in [2.24, 2.45) is 0 Å². The topological polar surface area (TPSA) is 79.5 Å². The Bertz CT molecular complexity index is 605. The normalized spacial score (nSPS) is 20.2. The van der Waals surface area contributed by atoms with Gasteiger partial charge in [0.2, 0.25) is 0 Å². The predicted octanol–water partition coefficient (Wildman–Crippen LogP) is 3.98. The first-order valence-corrected chi connectivity index (χ1v) is 9.37. The first kappa shape index (κ1) is 20.4. The molecule has 1 saturated carbocycles. The third kappa shape index (κ3) is 7.52. The van der Waals surface area contributed by atoms with Crippen molar-refractivity contribution in [3.8, 4) is 0 Å². The van der Waals surface area contributed by atoms with Crippen molar-refractivity contribution in [1.29, 1.82) is 0 Å². The first-order valence-electron chi connectivity index (χ1n) is 8.99. The van der Waals surface area contributed by atoms with E-state index in [1.54, 1.807) is 12.1 Å². The molecule has 0 radical (unpaired) electrons. The molecular weight excluding hydrogens is 354 g/mol. The molecule has 7 heteroatoms. The van der Waals surface area contributed by atoms with Gasteiger partial charge in [-0.25, -0.2) is 9.59 Å². The number of rotatable bonds is 4. The minimum atomic E-state index is -0.495. The summed E-state index contributed by atoms with van der Waals surface area (Å²) in [6.45, 7) is 5.99. The van der Waals surface area contributed by atoms with Crippen molar-refractivity contribution in [2.45, 2.75) is 70.7 Å². The van der Waals surface area contributed by atoms with E-state index in [-0.39, 0.29) is 24.2 Å². The zero-order chi connectivity index (χ0) is 19.2. The summed E-state index contributed by atoms with van der Waals surface area (Å²) < 4.78 is 5.28. The molecule has 1 aliphatic rings. The maximum Gasteiger partial charge on any atom is 0.407 e. The molecule has 0 aliphatic heterocycles. The lowest BCUT2D eigenvalue weighted by atomic mass is 9.91. The van der Waals surface area contributed by atoms with Gasteiger partial charge >= 0.3 is 12.1 Å². The average Bonchev–Trinajstić information content (AvgIpc) is 2.54. The predicted molar refractivity (Wildman–Crippen MR) is 102 cm³/mol. The largest absolute Gasteiger partial charge is 0.444 e. The standard InChI is InChI=1S/C19H28ClN3O3/c1-19(2,3)26-18(25)23-16-10-8-15(9-11-16)22-17(24)21-12-13-4-6-14(20)7-5-13/h4-7,15-16H,8-12H2,1-3H3,(H,23,25)(H2,21,22,24)/t15-,16-. The second kappa shape index (κ2) is 9.12. The quantitative estimate of drug-likeness (QED) is 0.738. The molecular formula is C19H28ClN3O3. The molecule has 26 heavy (non-hydrogen) atoms. The zero-order valence-corrected chi connectivity index (χ0v) is 16.4. The Labute approximate surface area is 160 Å². The van der Waals surface area contributed by atoms with E-state index in [0.29, 0.717) is 11.6 Å². The van der Waals surface area contributed by atoms with Gasteiger partial charge in [-0.1, -0.05) is 23.7 Å². The van der Waals surface area contributed by atoms with E-state index >= 15 is 0 Å². The smallest absolute Gasteiger partial charge is 0.407 e. The minimum absolute atomic E-state index is 0.0972. The third-order valence-corrected chi connectivity index (χ3v) is 4.40. The summed E-state index contributed by atoms with van der Waals surface area (Å²) in [5, 5.41) is 9.42. The lowest BCUT2D eigenvalue weighted by Crippen LogP contribution is -2.47. The van der Waals surface area contributed by atoms with Crippen LogP contribution in [-0.2, 0) is 11.3 Å². The van der Waals surface area contributed by atoms with E-state index in [2.05, 4.69) is 16.0 Å². The fraction of sp³-hybridized carbons (Fsp3) is 0.579. The van der Waals surface area contributed by atoms with Crippen molar-refractivity contribution in [3.63, 3.8) is 0 Å². The number of amides is 3. The van der Waals surface area contributed by atoms with Crippen LogP contribution in [0, 0.1) is 0 Å². The number of hydrogen-bond donors (Lipinski definition) is 3. The average molecular weight is 382 g/mol. The van der Waals surface area contributed by atoms with Crippen LogP contribution < -0.4 is 16.0 Å². The highest BCUT2D eigenvalue weighted by Crippen LogP contribution is 2.19. The number of urea groups is 1. The summed E-state index contributed by atoms with van der Waals surface area (Å²) in [6, 6.07) is 7.41. The molecule has 0 saturated heterocycles. The highest BCUT2D eigenvalue weighted by molar-refractivity contribution is 6.30. The number of nitrogens with one attached hydrogen (secondary N) is 3. The van der Waals surface area contributed by atoms with E-state index in [1.807, 2.05) is 32.9 Å². The van der Waals surface area contributed by atoms with Crippen molar-refractivity contribution >= 4 is 23.7 Å². The van der Waals surface area contributed by atoms with Crippen molar-refractivity contribution in [1.82, 2.24) is 16.0 Å². The summed E-state index contributed by atoms with van der Waals surface area (Å²) in [5.74, 6) is 0. The fourth-order valence-corrected chi connectivity index (χ4v) is 3.00. The van der Waals surface area contributed by atoms with Gasteiger partial charge in [-0.05, 0) is 64.2 Å². The summed E-state index contributed by atoms with van der Waals surface area (Å²) in [7, 11) is 0. The van der Waals surface area contributed by atoms with Crippen molar-refractivity contribution < 1.29 is 14.3 Å². The molecule has 6 nitrogen and oxygen atoms in total. The molecule has 1 aromatic rings. The number of carbonyl (C=O) groups is 2. The van der Waals surface area contributed by atoms with Gasteiger partial charge in [-0.2, -0.15) is 0 Å². The van der Waals surface area contributed by atoms with Gasteiger partial charge in [0.15, 0.2) is 0 Å². The Morgan fingerprint density at radius 1 is 1.04 bits per heavy atom. The number of halogens is 1. The molecule has 1 fully saturated rings. The maximum absolute atomic E-state index is 12.0. The Balaban J connectivity index is 1.65. The highest BCUT2D eigenvalue weighted by Gasteiger charge is 2.25. The van der Waals surface area contributed by atoms with Crippen LogP contribution in [-0.4, -0.2) is 29.8 Å². The van der Waals surface area contributed by atoms with Crippen LogP contribution in [0.3, 0.4) is 0 Å². The molecule has 0 aromatic heterocycles. The molecule has 0 bridgehead atoms. The van der Waals surface area contributed by atoms with Crippen LogP contribution >= 0.6 is 11.6 Å². The molecule has 1 aliphatic carbocycles. The number of carbonyl (C=O) groups excluding carboxylic acids is 2. The van der Waals surface area contributed by atoms with Gasteiger partial charge in [0.25, 0.3) is 0 Å². The van der Waals surface area contributed by atoms with Crippen LogP contribution in [0.1, 0.15) is 52.0 Å². The van der Waals surface area contributed by atoms with E-state index < -0.39 is 5.60 Å². The number of benzene rings is 1. The van der Waals surface area contributed by atoms with Gasteiger partial charge in [0.05, 0.1) is 0 Å². The number of alkyl carbamates (subject to hydrolysis) is 1.